The number of nitrogens with zero attached hydrogens (tertiary/aromatic N) is 1. The van der Waals surface area contributed by atoms with Crippen molar-refractivity contribution in [3.05, 3.63) is 29.3 Å². The van der Waals surface area contributed by atoms with E-state index < -0.39 is 6.04 Å². The molecule has 7 heteroatoms. The fourth-order valence-electron chi connectivity index (χ4n) is 1.50. The van der Waals surface area contributed by atoms with Crippen LogP contribution in [0.1, 0.15) is 0 Å². The molecule has 1 aromatic carbocycles. The van der Waals surface area contributed by atoms with Crippen LogP contribution in [-0.2, 0) is 9.53 Å². The lowest BCUT2D eigenvalue weighted by molar-refractivity contribution is -0.132. The van der Waals surface area contributed by atoms with Gasteiger partial charge in [0.2, 0.25) is 5.91 Å². The van der Waals surface area contributed by atoms with Crippen LogP contribution in [0.15, 0.2) is 24.3 Å². The molecule has 0 spiro atoms. The van der Waals surface area contributed by atoms with Crippen LogP contribution in [0.2, 0.25) is 5.02 Å². The molecule has 0 radical (unpaired) electrons. The third kappa shape index (κ3) is 5.96. The lowest BCUT2D eigenvalue weighted by Gasteiger charge is -2.21. The minimum atomic E-state index is -0.643. The van der Waals surface area contributed by atoms with Gasteiger partial charge in [-0.3, -0.25) is 4.79 Å². The van der Waals surface area contributed by atoms with Gasteiger partial charge in [0.25, 0.3) is 0 Å². The zero-order valence-electron chi connectivity index (χ0n) is 11.5. The summed E-state index contributed by atoms with van der Waals surface area (Å²) in [4.78, 5) is 13.3. The first kappa shape index (κ1) is 19.0. The first-order valence-electron chi connectivity index (χ1n) is 5.93. The Kier molecular flexibility index (Phi) is 9.33. The Morgan fingerprint density at radius 1 is 1.45 bits per heavy atom. The number of carbonyl (C=O) groups excluding carboxylic acids is 1. The van der Waals surface area contributed by atoms with Gasteiger partial charge in [-0.25, -0.2) is 0 Å². The molecule has 0 aromatic heterocycles. The summed E-state index contributed by atoms with van der Waals surface area (Å²) < 4.78 is 10.3. The van der Waals surface area contributed by atoms with Gasteiger partial charge < -0.3 is 20.1 Å². The molecule has 0 aliphatic rings. The molecule has 0 aliphatic heterocycles. The maximum Gasteiger partial charge on any atom is 0.241 e. The van der Waals surface area contributed by atoms with E-state index in [0.717, 1.165) is 0 Å². The van der Waals surface area contributed by atoms with Crippen LogP contribution in [0.5, 0.6) is 5.75 Å². The molecule has 0 bridgehead atoms. The van der Waals surface area contributed by atoms with Crippen LogP contribution in [-0.4, -0.2) is 50.8 Å². The van der Waals surface area contributed by atoms with E-state index in [-0.39, 0.29) is 24.9 Å². The molecule has 1 rings (SSSR count). The summed E-state index contributed by atoms with van der Waals surface area (Å²) in [7, 11) is 3.18. The van der Waals surface area contributed by atoms with Crippen molar-refractivity contribution in [2.45, 2.75) is 6.04 Å². The number of nitrogens with two attached hydrogens (primary N) is 1. The number of halogens is 2. The maximum atomic E-state index is 11.8. The van der Waals surface area contributed by atoms with Gasteiger partial charge in [0.05, 0.1) is 18.2 Å². The van der Waals surface area contributed by atoms with Gasteiger partial charge in [-0.1, -0.05) is 23.7 Å². The molecular formula is C13H20Cl2N2O3. The second-order valence-corrected chi connectivity index (χ2v) is 4.51. The third-order valence-corrected chi connectivity index (χ3v) is 2.87. The predicted octanol–water partition coefficient (Wildman–Crippen LogP) is 1.57. The van der Waals surface area contributed by atoms with Gasteiger partial charge in [0.15, 0.2) is 0 Å². The van der Waals surface area contributed by atoms with Gasteiger partial charge in [-0.15, -0.1) is 12.4 Å². The number of rotatable bonds is 7. The fraction of sp³-hybridized carbons (Fsp3) is 0.462. The zero-order chi connectivity index (χ0) is 14.3. The standard InChI is InChI=1S/C13H19ClN2O3.ClH/c1-16(13(17)11(15)9-18-2)7-8-19-12-6-4-3-5-10(12)14;/h3-6,11H,7-9,15H2,1-2H3;1H. The minimum absolute atomic E-state index is 0. The molecule has 0 heterocycles. The SMILES string of the molecule is COCC(N)C(=O)N(C)CCOc1ccccc1Cl.Cl. The molecule has 1 aromatic rings. The van der Waals surface area contributed by atoms with E-state index in [0.29, 0.717) is 23.9 Å². The highest BCUT2D eigenvalue weighted by Crippen LogP contribution is 2.22. The Hall–Kier alpha value is -1.01. The summed E-state index contributed by atoms with van der Waals surface area (Å²) in [5, 5.41) is 0.549. The van der Waals surface area contributed by atoms with Gasteiger partial charge in [-0.2, -0.15) is 0 Å². The summed E-state index contributed by atoms with van der Waals surface area (Å²) in [6, 6.07) is 6.55. The number of para-hydroxylation sites is 1. The van der Waals surface area contributed by atoms with Crippen LogP contribution in [0.25, 0.3) is 0 Å². The van der Waals surface area contributed by atoms with E-state index in [9.17, 15) is 4.79 Å². The number of benzene rings is 1. The van der Waals surface area contributed by atoms with Crippen LogP contribution in [0.4, 0.5) is 0 Å². The van der Waals surface area contributed by atoms with Crippen molar-refractivity contribution < 1.29 is 14.3 Å². The normalized spacial score (nSPS) is 11.4. The average Bonchev–Trinajstić information content (AvgIpc) is 2.40. The molecule has 20 heavy (non-hydrogen) atoms. The number of carbonyl (C=O) groups is 1. The minimum Gasteiger partial charge on any atom is -0.490 e. The van der Waals surface area contributed by atoms with E-state index in [1.54, 1.807) is 19.2 Å². The summed E-state index contributed by atoms with van der Waals surface area (Å²) in [6.45, 7) is 0.988. The van der Waals surface area contributed by atoms with Gasteiger partial charge in [0, 0.05) is 14.2 Å². The van der Waals surface area contributed by atoms with Crippen LogP contribution in [0.3, 0.4) is 0 Å². The second-order valence-electron chi connectivity index (χ2n) is 4.10. The summed E-state index contributed by atoms with van der Waals surface area (Å²) >= 11 is 5.95. The number of hydrogen-bond acceptors (Lipinski definition) is 4. The molecule has 0 fully saturated rings. The van der Waals surface area contributed by atoms with Crippen molar-refractivity contribution in [2.75, 3.05) is 33.9 Å². The lowest BCUT2D eigenvalue weighted by atomic mass is 10.3. The van der Waals surface area contributed by atoms with Crippen molar-refractivity contribution >= 4 is 29.9 Å². The molecule has 1 unspecified atom stereocenters. The van der Waals surface area contributed by atoms with Crippen LogP contribution in [0, 0.1) is 0 Å². The van der Waals surface area contributed by atoms with Gasteiger partial charge in [-0.05, 0) is 12.1 Å². The number of methoxy groups -OCH3 is 1. The number of hydrogen-bond donors (Lipinski definition) is 1. The van der Waals surface area contributed by atoms with Gasteiger partial charge >= 0.3 is 0 Å². The Balaban J connectivity index is 0.00000361. The topological polar surface area (TPSA) is 64.8 Å². The Morgan fingerprint density at radius 2 is 2.10 bits per heavy atom. The Labute approximate surface area is 130 Å². The van der Waals surface area contributed by atoms with Crippen LogP contribution < -0.4 is 10.5 Å². The molecule has 114 valence electrons. The predicted molar refractivity (Wildman–Crippen MR) is 81.7 cm³/mol. The van der Waals surface area contributed by atoms with E-state index in [4.69, 9.17) is 26.8 Å². The number of likely N-dealkylation sites (N-methyl/N-ethyl adjacent to an activating group) is 1. The number of ether oxygens (including phenoxy) is 2. The third-order valence-electron chi connectivity index (χ3n) is 2.56. The highest BCUT2D eigenvalue weighted by Gasteiger charge is 2.17. The van der Waals surface area contributed by atoms with Crippen molar-refractivity contribution in [1.29, 1.82) is 0 Å². The molecule has 0 aliphatic carbocycles. The highest BCUT2D eigenvalue weighted by molar-refractivity contribution is 6.32. The van der Waals surface area contributed by atoms with E-state index in [1.165, 1.54) is 12.0 Å². The van der Waals surface area contributed by atoms with Crippen LogP contribution >= 0.6 is 24.0 Å². The fourth-order valence-corrected chi connectivity index (χ4v) is 1.69. The molecule has 1 atom stereocenters. The summed E-state index contributed by atoms with van der Waals surface area (Å²) in [5.41, 5.74) is 5.66. The molecule has 0 saturated heterocycles. The van der Waals surface area contributed by atoms with Gasteiger partial charge in [0.1, 0.15) is 18.4 Å². The molecule has 1 amide bonds. The van der Waals surface area contributed by atoms with Crippen molar-refractivity contribution in [3.8, 4) is 5.75 Å². The molecule has 0 saturated carbocycles. The van der Waals surface area contributed by atoms with Crippen molar-refractivity contribution in [2.24, 2.45) is 5.73 Å². The number of amides is 1. The smallest absolute Gasteiger partial charge is 0.241 e. The quantitative estimate of drug-likeness (QED) is 0.827. The second kappa shape index (κ2) is 9.83. The summed E-state index contributed by atoms with van der Waals surface area (Å²) in [5.74, 6) is 0.427. The van der Waals surface area contributed by atoms with E-state index in [1.807, 2.05) is 12.1 Å². The van der Waals surface area contributed by atoms with E-state index in [2.05, 4.69) is 0 Å². The molecule has 2 N–H and O–H groups in total. The van der Waals surface area contributed by atoms with Crippen molar-refractivity contribution in [1.82, 2.24) is 4.90 Å². The molecule has 5 nitrogen and oxygen atoms in total. The maximum absolute atomic E-state index is 11.8. The largest absolute Gasteiger partial charge is 0.490 e. The average molecular weight is 323 g/mol. The lowest BCUT2D eigenvalue weighted by Crippen LogP contribution is -2.45. The highest BCUT2D eigenvalue weighted by atomic mass is 35.5. The first-order chi connectivity index (χ1) is 9.06. The molecular weight excluding hydrogens is 303 g/mol. The zero-order valence-corrected chi connectivity index (χ0v) is 13.1. The Bertz CT molecular complexity index is 418. The first-order valence-corrected chi connectivity index (χ1v) is 6.31. The van der Waals surface area contributed by atoms with E-state index >= 15 is 0 Å². The van der Waals surface area contributed by atoms with Crippen molar-refractivity contribution in [3.63, 3.8) is 0 Å². The summed E-state index contributed by atoms with van der Waals surface area (Å²) in [6.07, 6.45) is 0. The Morgan fingerprint density at radius 3 is 2.70 bits per heavy atom. The monoisotopic (exact) mass is 322 g/mol.